The second-order valence-electron chi connectivity index (χ2n) is 9.36. The van der Waals surface area contributed by atoms with Gasteiger partial charge in [-0.15, -0.1) is 0 Å². The minimum Gasteiger partial charge on any atom is -0.507 e. The van der Waals surface area contributed by atoms with Gasteiger partial charge in [-0.2, -0.15) is 0 Å². The molecule has 4 aromatic rings. The first-order chi connectivity index (χ1) is 17.8. The lowest BCUT2D eigenvalue weighted by atomic mass is 9.94. The number of ketones is 1. The smallest absolute Gasteiger partial charge is 0.301 e. The second-order valence-corrected chi connectivity index (χ2v) is 10.4. The van der Waals surface area contributed by atoms with Crippen molar-refractivity contribution in [3.63, 3.8) is 0 Å². The van der Waals surface area contributed by atoms with E-state index in [0.29, 0.717) is 28.4 Å². The molecule has 3 heterocycles. The Morgan fingerprint density at radius 2 is 1.89 bits per heavy atom. The number of carbonyl (C=O) groups is 2. The van der Waals surface area contributed by atoms with Crippen molar-refractivity contribution in [2.45, 2.75) is 32.4 Å². The number of aliphatic hydroxyl groups is 1. The summed E-state index contributed by atoms with van der Waals surface area (Å²) < 4.78 is 12.0. The molecule has 1 N–H and O–H groups in total. The third-order valence-electron chi connectivity index (χ3n) is 6.78. The van der Waals surface area contributed by atoms with Gasteiger partial charge in [0.15, 0.2) is 5.13 Å². The molecule has 186 valence electrons. The topological polar surface area (TPSA) is 89.0 Å². The number of ether oxygens (including phenoxy) is 2. The molecular weight excluding hydrogens is 488 g/mol. The highest BCUT2D eigenvalue weighted by molar-refractivity contribution is 7.22. The molecule has 37 heavy (non-hydrogen) atoms. The molecule has 2 aliphatic rings. The summed E-state index contributed by atoms with van der Waals surface area (Å²) in [6.07, 6.45) is 0.748. The molecule has 0 saturated carbocycles. The molecule has 1 fully saturated rings. The molecule has 1 saturated heterocycles. The van der Waals surface area contributed by atoms with Crippen molar-refractivity contribution in [1.29, 1.82) is 0 Å². The van der Waals surface area contributed by atoms with Crippen LogP contribution in [0.3, 0.4) is 0 Å². The first-order valence-electron chi connectivity index (χ1n) is 12.0. The van der Waals surface area contributed by atoms with Gasteiger partial charge in [-0.1, -0.05) is 29.5 Å². The average molecular weight is 513 g/mol. The van der Waals surface area contributed by atoms with E-state index in [4.69, 9.17) is 9.47 Å². The Hall–Kier alpha value is -4.17. The van der Waals surface area contributed by atoms with Crippen molar-refractivity contribution in [2.75, 3.05) is 12.0 Å². The summed E-state index contributed by atoms with van der Waals surface area (Å²) >= 11 is 1.34. The first kappa shape index (κ1) is 23.2. The van der Waals surface area contributed by atoms with Gasteiger partial charge in [-0.3, -0.25) is 14.5 Å². The highest BCUT2D eigenvalue weighted by atomic mass is 32.1. The van der Waals surface area contributed by atoms with E-state index in [1.165, 1.54) is 16.2 Å². The lowest BCUT2D eigenvalue weighted by Crippen LogP contribution is -2.29. The molecule has 2 aliphatic heterocycles. The zero-order valence-electron chi connectivity index (χ0n) is 20.5. The number of thiazole rings is 1. The van der Waals surface area contributed by atoms with Gasteiger partial charge in [0, 0.05) is 12.0 Å². The number of hydrogen-bond donors (Lipinski definition) is 1. The highest BCUT2D eigenvalue weighted by Gasteiger charge is 2.48. The second kappa shape index (κ2) is 8.74. The van der Waals surface area contributed by atoms with Gasteiger partial charge in [-0.25, -0.2) is 4.98 Å². The number of benzene rings is 3. The maximum atomic E-state index is 13.5. The maximum absolute atomic E-state index is 13.5. The van der Waals surface area contributed by atoms with Crippen LogP contribution in [0.1, 0.15) is 35.2 Å². The summed E-state index contributed by atoms with van der Waals surface area (Å²) in [5.74, 6) is -0.291. The van der Waals surface area contributed by atoms with Crippen molar-refractivity contribution < 1.29 is 24.2 Å². The van der Waals surface area contributed by atoms with Crippen LogP contribution in [0, 0.1) is 6.92 Å². The molecule has 7 nitrogen and oxygen atoms in total. The molecule has 6 rings (SSSR count). The Bertz CT molecular complexity index is 1600. The first-order valence-corrected chi connectivity index (χ1v) is 12.8. The van der Waals surface area contributed by atoms with Crippen molar-refractivity contribution in [2.24, 2.45) is 0 Å². The summed E-state index contributed by atoms with van der Waals surface area (Å²) in [6, 6.07) is 17.5. The SMILES string of the molecule is COc1ccc([C@H]2C(=C(O)c3ccc4c(c3)C[C@H](C)O4)C(=O)C(=O)N2c2nc3ccc(C)cc3s2)cc1. The van der Waals surface area contributed by atoms with E-state index in [-0.39, 0.29) is 17.4 Å². The van der Waals surface area contributed by atoms with E-state index in [2.05, 4.69) is 4.98 Å². The molecule has 0 spiro atoms. The largest absolute Gasteiger partial charge is 0.507 e. The molecule has 0 aliphatic carbocycles. The van der Waals surface area contributed by atoms with Crippen LogP contribution >= 0.6 is 11.3 Å². The lowest BCUT2D eigenvalue weighted by Gasteiger charge is -2.23. The molecular formula is C29H24N2O5S. The van der Waals surface area contributed by atoms with Crippen LogP contribution < -0.4 is 14.4 Å². The fourth-order valence-corrected chi connectivity index (χ4v) is 6.07. The van der Waals surface area contributed by atoms with E-state index >= 15 is 0 Å². The zero-order chi connectivity index (χ0) is 25.8. The van der Waals surface area contributed by atoms with Gasteiger partial charge in [0.1, 0.15) is 23.4 Å². The Morgan fingerprint density at radius 3 is 2.65 bits per heavy atom. The predicted octanol–water partition coefficient (Wildman–Crippen LogP) is 5.56. The van der Waals surface area contributed by atoms with Gasteiger partial charge in [0.2, 0.25) is 0 Å². The fourth-order valence-electron chi connectivity index (χ4n) is 4.98. The monoisotopic (exact) mass is 512 g/mol. The minimum absolute atomic E-state index is 0.0255. The van der Waals surface area contributed by atoms with Crippen LogP contribution in [-0.4, -0.2) is 35.0 Å². The molecule has 8 heteroatoms. The van der Waals surface area contributed by atoms with Gasteiger partial charge < -0.3 is 14.6 Å². The van der Waals surface area contributed by atoms with E-state index in [9.17, 15) is 14.7 Å². The predicted molar refractivity (Wildman–Crippen MR) is 142 cm³/mol. The Morgan fingerprint density at radius 1 is 1.11 bits per heavy atom. The summed E-state index contributed by atoms with van der Waals surface area (Å²) in [4.78, 5) is 33.0. The highest BCUT2D eigenvalue weighted by Crippen LogP contribution is 2.45. The zero-order valence-corrected chi connectivity index (χ0v) is 21.3. The van der Waals surface area contributed by atoms with Crippen LogP contribution in [0.4, 0.5) is 5.13 Å². The lowest BCUT2D eigenvalue weighted by molar-refractivity contribution is -0.132. The Labute approximate surface area is 217 Å². The summed E-state index contributed by atoms with van der Waals surface area (Å²) in [5.41, 5.74) is 3.92. The quantitative estimate of drug-likeness (QED) is 0.219. The molecule has 0 radical (unpaired) electrons. The van der Waals surface area contributed by atoms with Crippen LogP contribution in [0.15, 0.2) is 66.2 Å². The van der Waals surface area contributed by atoms with Crippen LogP contribution in [-0.2, 0) is 16.0 Å². The van der Waals surface area contributed by atoms with Gasteiger partial charge in [0.05, 0.1) is 28.9 Å². The Balaban J connectivity index is 1.53. The number of hydrogen-bond acceptors (Lipinski definition) is 7. The molecule has 2 atom stereocenters. The number of Topliss-reactive ketones (excluding diaryl/α,β-unsaturated/α-hetero) is 1. The van der Waals surface area contributed by atoms with E-state index in [0.717, 1.165) is 27.1 Å². The van der Waals surface area contributed by atoms with Crippen molar-refractivity contribution in [3.05, 3.63) is 88.5 Å². The molecule has 3 aromatic carbocycles. The number of amides is 1. The number of aromatic nitrogens is 1. The number of methoxy groups -OCH3 is 1. The maximum Gasteiger partial charge on any atom is 0.301 e. The van der Waals surface area contributed by atoms with Gasteiger partial charge in [0.25, 0.3) is 5.78 Å². The van der Waals surface area contributed by atoms with Crippen LogP contribution in [0.5, 0.6) is 11.5 Å². The number of carbonyl (C=O) groups excluding carboxylic acids is 2. The number of fused-ring (bicyclic) bond motifs is 2. The number of rotatable bonds is 4. The number of aliphatic hydroxyl groups excluding tert-OH is 1. The summed E-state index contributed by atoms with van der Waals surface area (Å²) in [6.45, 7) is 3.97. The average Bonchev–Trinajstić information content (AvgIpc) is 3.55. The molecule has 0 bridgehead atoms. The summed E-state index contributed by atoms with van der Waals surface area (Å²) in [7, 11) is 1.57. The molecule has 1 amide bonds. The van der Waals surface area contributed by atoms with E-state index in [1.807, 2.05) is 38.1 Å². The van der Waals surface area contributed by atoms with Crippen molar-refractivity contribution >= 4 is 44.1 Å². The normalized spacial score (nSPS) is 20.4. The Kier molecular flexibility index (Phi) is 5.49. The summed E-state index contributed by atoms with van der Waals surface area (Å²) in [5, 5.41) is 11.9. The standard InChI is InChI=1S/C29H24N2O5S/c1-15-4-10-21-23(12-15)37-29(30-21)31-25(17-5-8-20(35-3)9-6-17)24(27(33)28(31)34)26(32)18-7-11-22-19(14-18)13-16(2)36-22/h4-12,14,16,25,32H,13H2,1-3H3/t16-,25-/m0/s1. The van der Waals surface area contributed by atoms with Gasteiger partial charge in [-0.05, 0) is 73.0 Å². The van der Waals surface area contributed by atoms with Gasteiger partial charge >= 0.3 is 5.91 Å². The number of anilines is 1. The number of aryl methyl sites for hydroxylation is 1. The molecule has 1 aromatic heterocycles. The molecule has 0 unspecified atom stereocenters. The van der Waals surface area contributed by atoms with Crippen molar-refractivity contribution in [1.82, 2.24) is 4.98 Å². The van der Waals surface area contributed by atoms with E-state index < -0.39 is 17.7 Å². The fraction of sp³-hybridized carbons (Fsp3) is 0.207. The van der Waals surface area contributed by atoms with E-state index in [1.54, 1.807) is 43.5 Å². The number of nitrogens with zero attached hydrogens (tertiary/aromatic N) is 2. The van der Waals surface area contributed by atoms with Crippen LogP contribution in [0.25, 0.3) is 16.0 Å². The van der Waals surface area contributed by atoms with Crippen LogP contribution in [0.2, 0.25) is 0 Å². The third-order valence-corrected chi connectivity index (χ3v) is 7.80. The van der Waals surface area contributed by atoms with Crippen molar-refractivity contribution in [3.8, 4) is 11.5 Å². The third kappa shape index (κ3) is 3.84. The minimum atomic E-state index is -0.851.